The minimum absolute atomic E-state index is 0.455. The molecule has 0 radical (unpaired) electrons. The molecule has 1 aromatic heterocycles. The van der Waals surface area contributed by atoms with E-state index in [0.717, 1.165) is 23.2 Å². The Morgan fingerprint density at radius 3 is 2.82 bits per heavy atom. The third kappa shape index (κ3) is 2.64. The van der Waals surface area contributed by atoms with Crippen LogP contribution in [0.4, 0.5) is 5.95 Å². The van der Waals surface area contributed by atoms with E-state index in [-0.39, 0.29) is 0 Å². The molecule has 0 saturated heterocycles. The molecule has 4 heteroatoms. The average Bonchev–Trinajstić information content (AvgIpc) is 2.71. The van der Waals surface area contributed by atoms with E-state index < -0.39 is 0 Å². The van der Waals surface area contributed by atoms with E-state index in [9.17, 15) is 0 Å². The Morgan fingerprint density at radius 2 is 2.18 bits per heavy atom. The van der Waals surface area contributed by atoms with Gasteiger partial charge >= 0.3 is 0 Å². The number of aromatic amines is 1. The van der Waals surface area contributed by atoms with Crippen LogP contribution in [0, 0.1) is 5.92 Å². The minimum atomic E-state index is 0.455. The number of hydrogen-bond acceptors (Lipinski definition) is 3. The largest absolute Gasteiger partial charge is 0.323 e. The van der Waals surface area contributed by atoms with Gasteiger partial charge in [0.25, 0.3) is 0 Å². The fraction of sp³-hybridized carbons (Fsp3) is 0.385. The predicted molar refractivity (Wildman–Crippen MR) is 72.3 cm³/mol. The Kier molecular flexibility index (Phi) is 3.42. The first-order chi connectivity index (χ1) is 8.20. The zero-order valence-electron chi connectivity index (χ0n) is 10.5. The Balaban J connectivity index is 2.18. The normalized spacial score (nSPS) is 12.4. The SMILES string of the molecule is CC/C(=N/Nc1nc2ccccc2[nH]1)C(C)C. The van der Waals surface area contributed by atoms with E-state index in [2.05, 4.69) is 41.3 Å². The van der Waals surface area contributed by atoms with Crippen LogP contribution in [0.1, 0.15) is 27.2 Å². The number of hydrogen-bond donors (Lipinski definition) is 2. The smallest absolute Gasteiger partial charge is 0.222 e. The molecule has 2 aromatic rings. The monoisotopic (exact) mass is 230 g/mol. The lowest BCUT2D eigenvalue weighted by molar-refractivity contribution is 0.852. The summed E-state index contributed by atoms with van der Waals surface area (Å²) in [5.41, 5.74) is 6.10. The van der Waals surface area contributed by atoms with Crippen molar-refractivity contribution in [3.63, 3.8) is 0 Å². The van der Waals surface area contributed by atoms with Crippen LogP contribution < -0.4 is 5.43 Å². The van der Waals surface area contributed by atoms with Gasteiger partial charge in [-0.3, -0.25) is 0 Å². The van der Waals surface area contributed by atoms with Crippen molar-refractivity contribution in [2.75, 3.05) is 5.43 Å². The first kappa shape index (κ1) is 11.6. The van der Waals surface area contributed by atoms with Crippen molar-refractivity contribution in [3.05, 3.63) is 24.3 Å². The van der Waals surface area contributed by atoms with Crippen LogP contribution in [0.5, 0.6) is 0 Å². The van der Waals surface area contributed by atoms with E-state index in [1.54, 1.807) is 0 Å². The van der Waals surface area contributed by atoms with Crippen LogP contribution in [0.2, 0.25) is 0 Å². The van der Waals surface area contributed by atoms with Crippen LogP contribution in [0.25, 0.3) is 11.0 Å². The number of nitrogens with zero attached hydrogens (tertiary/aromatic N) is 2. The fourth-order valence-corrected chi connectivity index (χ4v) is 1.75. The summed E-state index contributed by atoms with van der Waals surface area (Å²) in [5.74, 6) is 1.15. The molecule has 4 nitrogen and oxygen atoms in total. The van der Waals surface area contributed by atoms with Gasteiger partial charge in [-0.2, -0.15) is 5.10 Å². The van der Waals surface area contributed by atoms with E-state index in [0.29, 0.717) is 11.9 Å². The molecule has 0 aliphatic carbocycles. The topological polar surface area (TPSA) is 53.1 Å². The first-order valence-corrected chi connectivity index (χ1v) is 5.98. The molecule has 0 spiro atoms. The van der Waals surface area contributed by atoms with Gasteiger partial charge in [-0.1, -0.05) is 32.9 Å². The molecule has 90 valence electrons. The van der Waals surface area contributed by atoms with E-state index in [4.69, 9.17) is 0 Å². The van der Waals surface area contributed by atoms with Crippen molar-refractivity contribution in [2.45, 2.75) is 27.2 Å². The van der Waals surface area contributed by atoms with Gasteiger partial charge in [0.2, 0.25) is 5.95 Å². The highest BCUT2D eigenvalue weighted by Gasteiger charge is 2.04. The first-order valence-electron chi connectivity index (χ1n) is 5.98. The molecule has 0 unspecified atom stereocenters. The molecule has 1 heterocycles. The zero-order chi connectivity index (χ0) is 12.3. The van der Waals surface area contributed by atoms with Crippen LogP contribution in [-0.4, -0.2) is 15.7 Å². The second kappa shape index (κ2) is 4.99. The van der Waals surface area contributed by atoms with Gasteiger partial charge in [0, 0.05) is 5.71 Å². The molecule has 17 heavy (non-hydrogen) atoms. The lowest BCUT2D eigenvalue weighted by Crippen LogP contribution is -2.08. The number of hydrazone groups is 1. The molecule has 0 amide bonds. The second-order valence-corrected chi connectivity index (χ2v) is 4.33. The molecule has 0 fully saturated rings. The minimum Gasteiger partial charge on any atom is -0.323 e. The second-order valence-electron chi connectivity index (χ2n) is 4.33. The summed E-state index contributed by atoms with van der Waals surface area (Å²) in [4.78, 5) is 7.59. The van der Waals surface area contributed by atoms with Crippen LogP contribution in [0.3, 0.4) is 0 Å². The maximum atomic E-state index is 4.40. The average molecular weight is 230 g/mol. The van der Waals surface area contributed by atoms with Gasteiger partial charge < -0.3 is 4.98 Å². The number of nitrogens with one attached hydrogen (secondary N) is 2. The summed E-state index contributed by atoms with van der Waals surface area (Å²) in [6.45, 7) is 6.39. The van der Waals surface area contributed by atoms with Gasteiger partial charge in [0.05, 0.1) is 11.0 Å². The molecule has 0 aliphatic heterocycles. The lowest BCUT2D eigenvalue weighted by atomic mass is 10.1. The van der Waals surface area contributed by atoms with Crippen molar-refractivity contribution in [2.24, 2.45) is 11.0 Å². The third-order valence-electron chi connectivity index (χ3n) is 2.72. The quantitative estimate of drug-likeness (QED) is 0.624. The van der Waals surface area contributed by atoms with Gasteiger partial charge in [0.15, 0.2) is 0 Å². The van der Waals surface area contributed by atoms with Crippen LogP contribution in [-0.2, 0) is 0 Å². The molecule has 0 bridgehead atoms. The summed E-state index contributed by atoms with van der Waals surface area (Å²) >= 11 is 0. The molecule has 2 N–H and O–H groups in total. The molecule has 0 saturated carbocycles. The van der Waals surface area contributed by atoms with Gasteiger partial charge in [-0.05, 0) is 24.5 Å². The van der Waals surface area contributed by atoms with E-state index in [1.165, 1.54) is 0 Å². The number of imidazole rings is 1. The van der Waals surface area contributed by atoms with E-state index >= 15 is 0 Å². The van der Waals surface area contributed by atoms with E-state index in [1.807, 2.05) is 24.3 Å². The standard InChI is InChI=1S/C13H18N4/c1-4-10(9(2)3)16-17-13-14-11-7-5-6-8-12(11)15-13/h5-9H,4H2,1-3H3,(H2,14,15,17)/b16-10-. The molecule has 0 atom stereocenters. The van der Waals surface area contributed by atoms with Gasteiger partial charge in [-0.15, -0.1) is 0 Å². The van der Waals surface area contributed by atoms with Crippen molar-refractivity contribution in [1.29, 1.82) is 0 Å². The number of H-pyrrole nitrogens is 1. The zero-order valence-corrected chi connectivity index (χ0v) is 10.5. The van der Waals surface area contributed by atoms with Crippen molar-refractivity contribution >= 4 is 22.7 Å². The number of para-hydroxylation sites is 2. The Bertz CT molecular complexity index is 492. The molecular weight excluding hydrogens is 212 g/mol. The summed E-state index contributed by atoms with van der Waals surface area (Å²) in [5, 5.41) is 4.38. The van der Waals surface area contributed by atoms with Gasteiger partial charge in [-0.25, -0.2) is 10.4 Å². The molecule has 0 aliphatic rings. The van der Waals surface area contributed by atoms with Crippen molar-refractivity contribution < 1.29 is 0 Å². The lowest BCUT2D eigenvalue weighted by Gasteiger charge is -2.06. The highest BCUT2D eigenvalue weighted by molar-refractivity contribution is 5.86. The Morgan fingerprint density at radius 1 is 1.41 bits per heavy atom. The van der Waals surface area contributed by atoms with Crippen molar-refractivity contribution in [3.8, 4) is 0 Å². The number of fused-ring (bicyclic) bond motifs is 1. The summed E-state index contributed by atoms with van der Waals surface area (Å²) < 4.78 is 0. The van der Waals surface area contributed by atoms with Crippen LogP contribution >= 0.6 is 0 Å². The molecule has 2 rings (SSSR count). The molecular formula is C13H18N4. The predicted octanol–water partition coefficient (Wildman–Crippen LogP) is 3.40. The number of rotatable bonds is 4. The third-order valence-corrected chi connectivity index (χ3v) is 2.72. The van der Waals surface area contributed by atoms with Crippen LogP contribution in [0.15, 0.2) is 29.4 Å². The molecule has 1 aromatic carbocycles. The number of anilines is 1. The fourth-order valence-electron chi connectivity index (χ4n) is 1.75. The number of benzene rings is 1. The maximum absolute atomic E-state index is 4.40. The highest BCUT2D eigenvalue weighted by Crippen LogP contribution is 2.13. The summed E-state index contributed by atoms with van der Waals surface area (Å²) in [7, 11) is 0. The maximum Gasteiger partial charge on any atom is 0.222 e. The Hall–Kier alpha value is -1.84. The van der Waals surface area contributed by atoms with Gasteiger partial charge in [0.1, 0.15) is 0 Å². The Labute approximate surface area is 101 Å². The summed E-state index contributed by atoms with van der Waals surface area (Å²) in [6, 6.07) is 7.94. The number of aromatic nitrogens is 2. The summed E-state index contributed by atoms with van der Waals surface area (Å²) in [6.07, 6.45) is 0.949. The highest BCUT2D eigenvalue weighted by atomic mass is 15.4. The van der Waals surface area contributed by atoms with Crippen molar-refractivity contribution in [1.82, 2.24) is 9.97 Å².